The van der Waals surface area contributed by atoms with Gasteiger partial charge in [-0.3, -0.25) is 9.97 Å². The highest BCUT2D eigenvalue weighted by molar-refractivity contribution is 6.30. The number of nitrogens with zero attached hydrogens (tertiary/aromatic N) is 2. The topological polar surface area (TPSA) is 46.0 Å². The van der Waals surface area contributed by atoms with Crippen LogP contribution in [-0.4, -0.2) is 15.1 Å². The van der Waals surface area contributed by atoms with Gasteiger partial charge >= 0.3 is 0 Å². The van der Waals surface area contributed by atoms with Gasteiger partial charge in [0, 0.05) is 46.4 Å². The van der Waals surface area contributed by atoms with Gasteiger partial charge in [-0.15, -0.1) is 0 Å². The Balaban J connectivity index is 1.84. The molecule has 0 spiro atoms. The first kappa shape index (κ1) is 17.5. The molecule has 1 N–H and O–H groups in total. The molecule has 1 unspecified atom stereocenters. The summed E-state index contributed by atoms with van der Waals surface area (Å²) in [7, 11) is 0. The van der Waals surface area contributed by atoms with Crippen LogP contribution in [0.1, 0.15) is 28.3 Å². The molecule has 0 amide bonds. The van der Waals surface area contributed by atoms with Crippen molar-refractivity contribution in [3.63, 3.8) is 0 Å². The molecular weight excluding hydrogens is 356 g/mol. The largest absolute Gasteiger partial charge is 0.505 e. The average Bonchev–Trinajstić information content (AvgIpc) is 2.68. The highest BCUT2D eigenvalue weighted by Crippen LogP contribution is 2.37. The monoisotopic (exact) mass is 374 g/mol. The fourth-order valence-electron chi connectivity index (χ4n) is 3.45. The number of pyridine rings is 2. The number of phenols is 1. The summed E-state index contributed by atoms with van der Waals surface area (Å²) in [5, 5.41) is 12.6. The summed E-state index contributed by atoms with van der Waals surface area (Å²) in [6.45, 7) is 2.06. The molecule has 2 heterocycles. The SMILES string of the molecule is Cc1ccnc(CC(c2ccc(Cl)cc2)c2ccc3cccnc3c2O)c1. The van der Waals surface area contributed by atoms with Crippen LogP contribution >= 0.6 is 11.6 Å². The van der Waals surface area contributed by atoms with Gasteiger partial charge in [-0.2, -0.15) is 0 Å². The number of rotatable bonds is 4. The fourth-order valence-corrected chi connectivity index (χ4v) is 3.57. The Kier molecular flexibility index (Phi) is 4.78. The van der Waals surface area contributed by atoms with Gasteiger partial charge in [0.1, 0.15) is 11.3 Å². The summed E-state index contributed by atoms with van der Waals surface area (Å²) in [5.41, 5.74) is 4.68. The first-order valence-corrected chi connectivity index (χ1v) is 9.23. The second kappa shape index (κ2) is 7.37. The molecule has 27 heavy (non-hydrogen) atoms. The van der Waals surface area contributed by atoms with E-state index < -0.39 is 0 Å². The van der Waals surface area contributed by atoms with Crippen LogP contribution in [0.15, 0.2) is 73.1 Å². The smallest absolute Gasteiger partial charge is 0.145 e. The van der Waals surface area contributed by atoms with Crippen LogP contribution in [0.3, 0.4) is 0 Å². The van der Waals surface area contributed by atoms with E-state index in [0.717, 1.165) is 22.2 Å². The molecule has 4 aromatic rings. The Hall–Kier alpha value is -2.91. The zero-order valence-electron chi connectivity index (χ0n) is 14.9. The van der Waals surface area contributed by atoms with Crippen LogP contribution < -0.4 is 0 Å². The first-order chi connectivity index (χ1) is 13.1. The molecule has 134 valence electrons. The molecule has 4 heteroatoms. The molecule has 0 radical (unpaired) electrons. The van der Waals surface area contributed by atoms with E-state index in [4.69, 9.17) is 11.6 Å². The van der Waals surface area contributed by atoms with Crippen molar-refractivity contribution in [1.29, 1.82) is 0 Å². The number of phenolic OH excluding ortho intramolecular Hbond substituents is 1. The fraction of sp³-hybridized carbons (Fsp3) is 0.130. The molecule has 3 nitrogen and oxygen atoms in total. The molecule has 1 atom stereocenters. The third kappa shape index (κ3) is 3.64. The Morgan fingerprint density at radius 3 is 2.56 bits per heavy atom. The Labute approximate surface area is 163 Å². The van der Waals surface area contributed by atoms with Crippen molar-refractivity contribution < 1.29 is 5.11 Å². The van der Waals surface area contributed by atoms with Crippen LogP contribution in [0.4, 0.5) is 0 Å². The van der Waals surface area contributed by atoms with E-state index in [9.17, 15) is 5.11 Å². The van der Waals surface area contributed by atoms with Gasteiger partial charge in [-0.05, 0) is 48.4 Å². The number of hydrogen-bond acceptors (Lipinski definition) is 3. The highest BCUT2D eigenvalue weighted by Gasteiger charge is 2.21. The molecule has 2 aromatic carbocycles. The summed E-state index contributed by atoms with van der Waals surface area (Å²) in [6, 6.07) is 19.6. The van der Waals surface area contributed by atoms with E-state index >= 15 is 0 Å². The van der Waals surface area contributed by atoms with Crippen molar-refractivity contribution in [3.8, 4) is 5.75 Å². The van der Waals surface area contributed by atoms with Crippen molar-refractivity contribution >= 4 is 22.5 Å². The molecule has 0 saturated heterocycles. The minimum atomic E-state index is -0.0528. The van der Waals surface area contributed by atoms with Crippen molar-refractivity contribution in [2.45, 2.75) is 19.3 Å². The van der Waals surface area contributed by atoms with E-state index in [-0.39, 0.29) is 11.7 Å². The van der Waals surface area contributed by atoms with E-state index in [1.54, 1.807) is 6.20 Å². The third-order valence-corrected chi connectivity index (χ3v) is 5.06. The maximum Gasteiger partial charge on any atom is 0.145 e. The predicted molar refractivity (Wildman–Crippen MR) is 109 cm³/mol. The lowest BCUT2D eigenvalue weighted by Gasteiger charge is -2.20. The summed E-state index contributed by atoms with van der Waals surface area (Å²) < 4.78 is 0. The van der Waals surface area contributed by atoms with Crippen LogP contribution in [0.2, 0.25) is 5.02 Å². The van der Waals surface area contributed by atoms with Crippen LogP contribution in [0.25, 0.3) is 10.9 Å². The summed E-state index contributed by atoms with van der Waals surface area (Å²) in [4.78, 5) is 8.88. The molecular formula is C23H19ClN2O. The van der Waals surface area contributed by atoms with E-state index in [0.29, 0.717) is 17.0 Å². The molecule has 4 rings (SSSR count). The molecule has 0 saturated carbocycles. The lowest BCUT2D eigenvalue weighted by atomic mass is 9.86. The number of aromatic nitrogens is 2. The quantitative estimate of drug-likeness (QED) is 0.500. The number of fused-ring (bicyclic) bond motifs is 1. The second-order valence-corrected chi connectivity index (χ2v) is 7.15. The summed E-state index contributed by atoms with van der Waals surface area (Å²) in [5.74, 6) is 0.170. The van der Waals surface area contributed by atoms with Gasteiger partial charge in [0.2, 0.25) is 0 Å². The number of aromatic hydroxyl groups is 1. The zero-order valence-corrected chi connectivity index (χ0v) is 15.7. The standard InChI is InChI=1S/C23H19ClN2O/c1-15-10-12-25-19(13-15)14-21(16-4-7-18(24)8-5-16)20-9-6-17-3-2-11-26-22(17)23(20)27/h2-13,21,27H,14H2,1H3. The second-order valence-electron chi connectivity index (χ2n) is 6.71. The maximum atomic E-state index is 11.0. The number of halogens is 1. The maximum absolute atomic E-state index is 11.0. The zero-order chi connectivity index (χ0) is 18.8. The van der Waals surface area contributed by atoms with Crippen molar-refractivity contribution in [2.75, 3.05) is 0 Å². The highest BCUT2D eigenvalue weighted by atomic mass is 35.5. The van der Waals surface area contributed by atoms with E-state index in [1.807, 2.05) is 60.8 Å². The molecule has 0 aliphatic heterocycles. The molecule has 0 bridgehead atoms. The van der Waals surface area contributed by atoms with Gasteiger partial charge in [0.25, 0.3) is 0 Å². The van der Waals surface area contributed by atoms with Crippen LogP contribution in [0.5, 0.6) is 5.75 Å². The van der Waals surface area contributed by atoms with Gasteiger partial charge in [-0.1, -0.05) is 41.9 Å². The number of benzene rings is 2. The van der Waals surface area contributed by atoms with Gasteiger partial charge in [0.15, 0.2) is 0 Å². The van der Waals surface area contributed by atoms with Gasteiger partial charge < -0.3 is 5.11 Å². The minimum absolute atomic E-state index is 0.0528. The Morgan fingerprint density at radius 1 is 0.963 bits per heavy atom. The van der Waals surface area contributed by atoms with Gasteiger partial charge in [0.05, 0.1) is 0 Å². The lowest BCUT2D eigenvalue weighted by Crippen LogP contribution is -2.07. The van der Waals surface area contributed by atoms with Gasteiger partial charge in [-0.25, -0.2) is 0 Å². The van der Waals surface area contributed by atoms with E-state index in [1.165, 1.54) is 5.56 Å². The summed E-state index contributed by atoms with van der Waals surface area (Å²) >= 11 is 6.08. The Bertz CT molecular complexity index is 1090. The van der Waals surface area contributed by atoms with Crippen molar-refractivity contribution in [2.24, 2.45) is 0 Å². The lowest BCUT2D eigenvalue weighted by molar-refractivity contribution is 0.469. The minimum Gasteiger partial charge on any atom is -0.505 e. The molecule has 2 aromatic heterocycles. The number of aryl methyl sites for hydroxylation is 1. The molecule has 0 fully saturated rings. The average molecular weight is 375 g/mol. The number of hydrogen-bond donors (Lipinski definition) is 1. The van der Waals surface area contributed by atoms with Crippen molar-refractivity contribution in [3.05, 3.63) is 100 Å². The van der Waals surface area contributed by atoms with Crippen LogP contribution in [0, 0.1) is 6.92 Å². The van der Waals surface area contributed by atoms with Crippen molar-refractivity contribution in [1.82, 2.24) is 9.97 Å². The van der Waals surface area contributed by atoms with Crippen LogP contribution in [-0.2, 0) is 6.42 Å². The molecule has 0 aliphatic carbocycles. The Morgan fingerprint density at radius 2 is 1.78 bits per heavy atom. The normalized spacial score (nSPS) is 12.2. The summed E-state index contributed by atoms with van der Waals surface area (Å²) in [6.07, 6.45) is 4.20. The predicted octanol–water partition coefficient (Wildman–Crippen LogP) is 5.67. The van der Waals surface area contributed by atoms with E-state index in [2.05, 4.69) is 23.0 Å². The third-order valence-electron chi connectivity index (χ3n) is 4.81. The first-order valence-electron chi connectivity index (χ1n) is 8.85. The molecule has 0 aliphatic rings.